The fourth-order valence-corrected chi connectivity index (χ4v) is 2.08. The van der Waals surface area contributed by atoms with Crippen LogP contribution in [-0.2, 0) is 0 Å². The highest BCUT2D eigenvalue weighted by atomic mass is 79.9. The second-order valence-corrected chi connectivity index (χ2v) is 5.40. The smallest absolute Gasteiger partial charge is 0.133 e. The molecule has 100 valence electrons. The predicted molar refractivity (Wildman–Crippen MR) is 78.0 cm³/mol. The van der Waals surface area contributed by atoms with Crippen molar-refractivity contribution in [3.63, 3.8) is 0 Å². The zero-order chi connectivity index (χ0) is 14.0. The van der Waals surface area contributed by atoms with Gasteiger partial charge in [-0.25, -0.2) is 4.39 Å². The molecule has 0 radical (unpaired) electrons. The molecule has 2 N–H and O–H groups in total. The summed E-state index contributed by atoms with van der Waals surface area (Å²) in [7, 11) is 0. The Labute approximate surface area is 120 Å². The standard InChI is InChI=1S/C15H15BrFNO/c1-9-3-5-12(8-14(9)17)19-15-7-11(16)4-6-13(15)10(2)18/h3-8,10H,18H2,1-2H3. The van der Waals surface area contributed by atoms with Gasteiger partial charge in [-0.15, -0.1) is 0 Å². The molecule has 0 saturated carbocycles. The fraction of sp³-hybridized carbons (Fsp3) is 0.200. The number of nitrogens with two attached hydrogens (primary N) is 1. The Balaban J connectivity index is 2.36. The Hall–Kier alpha value is -1.39. The largest absolute Gasteiger partial charge is 0.457 e. The van der Waals surface area contributed by atoms with Gasteiger partial charge in [-0.3, -0.25) is 0 Å². The zero-order valence-electron chi connectivity index (χ0n) is 10.8. The van der Waals surface area contributed by atoms with E-state index in [-0.39, 0.29) is 11.9 Å². The summed E-state index contributed by atoms with van der Waals surface area (Å²) in [4.78, 5) is 0. The van der Waals surface area contributed by atoms with Gasteiger partial charge in [-0.2, -0.15) is 0 Å². The van der Waals surface area contributed by atoms with E-state index in [0.29, 0.717) is 17.1 Å². The van der Waals surface area contributed by atoms with E-state index < -0.39 is 0 Å². The number of halogens is 2. The van der Waals surface area contributed by atoms with Gasteiger partial charge in [0, 0.05) is 22.1 Å². The Bertz CT molecular complexity index is 599. The van der Waals surface area contributed by atoms with E-state index in [2.05, 4.69) is 15.9 Å². The van der Waals surface area contributed by atoms with Crippen LogP contribution in [0.2, 0.25) is 0 Å². The van der Waals surface area contributed by atoms with Crippen molar-refractivity contribution in [2.45, 2.75) is 19.9 Å². The van der Waals surface area contributed by atoms with Crippen molar-refractivity contribution in [2.24, 2.45) is 5.73 Å². The van der Waals surface area contributed by atoms with Crippen molar-refractivity contribution < 1.29 is 9.13 Å². The quantitative estimate of drug-likeness (QED) is 0.887. The molecule has 0 fully saturated rings. The third-order valence-electron chi connectivity index (χ3n) is 2.84. The predicted octanol–water partition coefficient (Wildman–Crippen LogP) is 4.71. The molecular weight excluding hydrogens is 309 g/mol. The molecule has 1 atom stereocenters. The average molecular weight is 324 g/mol. The third kappa shape index (κ3) is 3.33. The van der Waals surface area contributed by atoms with Gasteiger partial charge < -0.3 is 10.5 Å². The van der Waals surface area contributed by atoms with Crippen LogP contribution in [0.15, 0.2) is 40.9 Å². The zero-order valence-corrected chi connectivity index (χ0v) is 12.4. The third-order valence-corrected chi connectivity index (χ3v) is 3.33. The second-order valence-electron chi connectivity index (χ2n) is 4.48. The normalized spacial score (nSPS) is 12.3. The van der Waals surface area contributed by atoms with Gasteiger partial charge >= 0.3 is 0 Å². The van der Waals surface area contributed by atoms with Crippen LogP contribution in [0.5, 0.6) is 11.5 Å². The lowest BCUT2D eigenvalue weighted by Gasteiger charge is -2.14. The molecule has 0 spiro atoms. The Morgan fingerprint density at radius 3 is 2.58 bits per heavy atom. The van der Waals surface area contributed by atoms with E-state index in [1.54, 1.807) is 19.1 Å². The molecule has 0 saturated heterocycles. The van der Waals surface area contributed by atoms with Gasteiger partial charge in [-0.1, -0.05) is 28.1 Å². The Kier molecular flexibility index (Phi) is 4.22. The first-order valence-corrected chi connectivity index (χ1v) is 6.75. The first-order chi connectivity index (χ1) is 8.97. The molecule has 19 heavy (non-hydrogen) atoms. The number of rotatable bonds is 3. The van der Waals surface area contributed by atoms with Gasteiger partial charge in [0.15, 0.2) is 0 Å². The molecule has 4 heteroatoms. The Morgan fingerprint density at radius 1 is 1.21 bits per heavy atom. The number of hydrogen-bond donors (Lipinski definition) is 1. The van der Waals surface area contributed by atoms with Crippen LogP contribution in [0.3, 0.4) is 0 Å². The highest BCUT2D eigenvalue weighted by molar-refractivity contribution is 9.10. The van der Waals surface area contributed by atoms with Crippen molar-refractivity contribution in [1.82, 2.24) is 0 Å². The highest BCUT2D eigenvalue weighted by Gasteiger charge is 2.10. The lowest BCUT2D eigenvalue weighted by atomic mass is 10.1. The minimum Gasteiger partial charge on any atom is -0.457 e. The van der Waals surface area contributed by atoms with Crippen LogP contribution >= 0.6 is 15.9 Å². The average Bonchev–Trinajstić information content (AvgIpc) is 2.33. The second kappa shape index (κ2) is 5.72. The summed E-state index contributed by atoms with van der Waals surface area (Å²) in [5, 5.41) is 0. The minimum atomic E-state index is -0.283. The van der Waals surface area contributed by atoms with Gasteiger partial charge in [-0.05, 0) is 37.6 Å². The van der Waals surface area contributed by atoms with Crippen LogP contribution < -0.4 is 10.5 Å². The van der Waals surface area contributed by atoms with E-state index in [9.17, 15) is 4.39 Å². The summed E-state index contributed by atoms with van der Waals surface area (Å²) in [6.07, 6.45) is 0. The van der Waals surface area contributed by atoms with Crippen molar-refractivity contribution in [1.29, 1.82) is 0 Å². The molecule has 0 aromatic heterocycles. The topological polar surface area (TPSA) is 35.2 Å². The van der Waals surface area contributed by atoms with Gasteiger partial charge in [0.25, 0.3) is 0 Å². The van der Waals surface area contributed by atoms with E-state index in [1.807, 2.05) is 25.1 Å². The molecule has 0 aliphatic heterocycles. The summed E-state index contributed by atoms with van der Waals surface area (Å²) in [6, 6.07) is 10.3. The van der Waals surface area contributed by atoms with Gasteiger partial charge in [0.1, 0.15) is 17.3 Å². The van der Waals surface area contributed by atoms with E-state index in [0.717, 1.165) is 10.0 Å². The monoisotopic (exact) mass is 323 g/mol. The maximum atomic E-state index is 13.5. The number of ether oxygens (including phenoxy) is 1. The van der Waals surface area contributed by atoms with Crippen molar-refractivity contribution >= 4 is 15.9 Å². The number of benzene rings is 2. The number of aryl methyl sites for hydroxylation is 1. The molecule has 2 rings (SSSR count). The van der Waals surface area contributed by atoms with Gasteiger partial charge in [0.2, 0.25) is 0 Å². The van der Waals surface area contributed by atoms with E-state index in [4.69, 9.17) is 10.5 Å². The lowest BCUT2D eigenvalue weighted by molar-refractivity contribution is 0.466. The SMILES string of the molecule is Cc1ccc(Oc2cc(Br)ccc2C(C)N)cc1F. The molecule has 2 nitrogen and oxygen atoms in total. The van der Waals surface area contributed by atoms with Crippen LogP contribution in [-0.4, -0.2) is 0 Å². The van der Waals surface area contributed by atoms with Crippen LogP contribution in [0.25, 0.3) is 0 Å². The van der Waals surface area contributed by atoms with Crippen LogP contribution in [0.4, 0.5) is 4.39 Å². The Morgan fingerprint density at radius 2 is 1.95 bits per heavy atom. The van der Waals surface area contributed by atoms with Crippen LogP contribution in [0.1, 0.15) is 24.1 Å². The van der Waals surface area contributed by atoms with Crippen molar-refractivity contribution in [3.8, 4) is 11.5 Å². The van der Waals surface area contributed by atoms with Crippen molar-refractivity contribution in [2.75, 3.05) is 0 Å². The first-order valence-electron chi connectivity index (χ1n) is 5.96. The maximum Gasteiger partial charge on any atom is 0.133 e. The molecule has 0 bridgehead atoms. The first kappa shape index (κ1) is 14.0. The number of hydrogen-bond acceptors (Lipinski definition) is 2. The van der Waals surface area contributed by atoms with E-state index >= 15 is 0 Å². The molecular formula is C15H15BrFNO. The van der Waals surface area contributed by atoms with Gasteiger partial charge in [0.05, 0.1) is 0 Å². The minimum absolute atomic E-state index is 0.154. The molecule has 0 amide bonds. The maximum absolute atomic E-state index is 13.5. The highest BCUT2D eigenvalue weighted by Crippen LogP contribution is 2.32. The summed E-state index contributed by atoms with van der Waals surface area (Å²) in [6.45, 7) is 3.59. The molecule has 0 aliphatic carbocycles. The summed E-state index contributed by atoms with van der Waals surface area (Å²) in [5.74, 6) is 0.811. The molecule has 2 aromatic rings. The molecule has 0 heterocycles. The molecule has 2 aromatic carbocycles. The summed E-state index contributed by atoms with van der Waals surface area (Å²) in [5.41, 5.74) is 7.37. The molecule has 0 aliphatic rings. The molecule has 1 unspecified atom stereocenters. The van der Waals surface area contributed by atoms with Crippen LogP contribution in [0, 0.1) is 12.7 Å². The van der Waals surface area contributed by atoms with E-state index in [1.165, 1.54) is 6.07 Å². The summed E-state index contributed by atoms with van der Waals surface area (Å²) >= 11 is 3.39. The lowest BCUT2D eigenvalue weighted by Crippen LogP contribution is -2.06. The van der Waals surface area contributed by atoms with Crippen molar-refractivity contribution in [3.05, 3.63) is 57.8 Å². The summed E-state index contributed by atoms with van der Waals surface area (Å²) < 4.78 is 20.1. The fourth-order valence-electron chi connectivity index (χ4n) is 1.74.